The molecule has 0 radical (unpaired) electrons. The van der Waals surface area contributed by atoms with Crippen LogP contribution in [0.5, 0.6) is 0 Å². The van der Waals surface area contributed by atoms with Crippen LogP contribution >= 0.6 is 11.6 Å². The van der Waals surface area contributed by atoms with Crippen LogP contribution in [0, 0.1) is 5.82 Å². The zero-order valence-corrected chi connectivity index (χ0v) is 19.5. The minimum atomic E-state index is -3.68. The Morgan fingerprint density at radius 2 is 1.56 bits per heavy atom. The molecule has 10 heteroatoms. The first-order valence-electron chi connectivity index (χ1n) is 10.3. The molecule has 0 N–H and O–H groups in total. The number of hydrogen-bond acceptors (Lipinski definition) is 4. The zero-order chi connectivity index (χ0) is 23.5. The molecule has 172 valence electrons. The number of amides is 2. The number of sulfonamides is 1. The number of hydrogen-bond donors (Lipinski definition) is 0. The van der Waals surface area contributed by atoms with Gasteiger partial charge in [0, 0.05) is 44.8 Å². The van der Waals surface area contributed by atoms with Gasteiger partial charge in [0.2, 0.25) is 10.0 Å². The first-order chi connectivity index (χ1) is 15.2. The highest BCUT2D eigenvalue weighted by Crippen LogP contribution is 2.21. The van der Waals surface area contributed by atoms with Gasteiger partial charge in [-0.3, -0.25) is 9.59 Å². The van der Waals surface area contributed by atoms with Crippen LogP contribution < -0.4 is 0 Å². The predicted octanol–water partition coefficient (Wildman–Crippen LogP) is 3.11. The summed E-state index contributed by atoms with van der Waals surface area (Å²) in [6, 6.07) is 9.63. The highest BCUT2D eigenvalue weighted by atomic mass is 35.5. The van der Waals surface area contributed by atoms with Gasteiger partial charge in [-0.25, -0.2) is 12.8 Å². The molecule has 32 heavy (non-hydrogen) atoms. The van der Waals surface area contributed by atoms with Gasteiger partial charge in [-0.2, -0.15) is 4.31 Å². The largest absolute Gasteiger partial charge is 0.335 e. The van der Waals surface area contributed by atoms with Gasteiger partial charge >= 0.3 is 0 Å². The average Bonchev–Trinajstić information content (AvgIpc) is 2.79. The predicted molar refractivity (Wildman–Crippen MR) is 120 cm³/mol. The standard InChI is InChI=1S/C22H25ClFN3O4S/c1-3-27(4-2)32(30,31)18-7-5-6-16(14-18)21(28)25-10-12-26(13-11-25)22(29)19-9-8-17(24)15-20(19)23/h5-9,14-15H,3-4,10-13H2,1-2H3. The number of benzene rings is 2. The Balaban J connectivity index is 1.70. The Hall–Kier alpha value is -2.49. The number of carbonyl (C=O) groups is 2. The number of halogens is 2. The van der Waals surface area contributed by atoms with Crippen molar-refractivity contribution in [3.05, 3.63) is 64.4 Å². The topological polar surface area (TPSA) is 78.0 Å². The van der Waals surface area contributed by atoms with Crippen LogP contribution in [0.4, 0.5) is 4.39 Å². The number of rotatable bonds is 6. The quantitative estimate of drug-likeness (QED) is 0.635. The second kappa shape index (κ2) is 9.97. The summed E-state index contributed by atoms with van der Waals surface area (Å²) in [6.45, 7) is 5.35. The molecule has 0 bridgehead atoms. The molecule has 2 aromatic carbocycles. The van der Waals surface area contributed by atoms with Gasteiger partial charge < -0.3 is 9.80 Å². The lowest BCUT2D eigenvalue weighted by Crippen LogP contribution is -2.50. The Kier molecular flexibility index (Phi) is 7.53. The van der Waals surface area contributed by atoms with Crippen LogP contribution in [0.2, 0.25) is 5.02 Å². The van der Waals surface area contributed by atoms with Crippen molar-refractivity contribution in [3.63, 3.8) is 0 Å². The van der Waals surface area contributed by atoms with E-state index in [1.54, 1.807) is 35.8 Å². The average molecular weight is 482 g/mol. The molecule has 0 spiro atoms. The molecule has 1 fully saturated rings. The summed E-state index contributed by atoms with van der Waals surface area (Å²) < 4.78 is 40.1. The summed E-state index contributed by atoms with van der Waals surface area (Å²) in [5, 5.41) is 0.0414. The van der Waals surface area contributed by atoms with Gasteiger partial charge in [-0.05, 0) is 36.4 Å². The van der Waals surface area contributed by atoms with Crippen molar-refractivity contribution in [2.24, 2.45) is 0 Å². The third-order valence-corrected chi connectivity index (χ3v) is 7.80. The van der Waals surface area contributed by atoms with Crippen LogP contribution in [-0.2, 0) is 10.0 Å². The zero-order valence-electron chi connectivity index (χ0n) is 17.9. The van der Waals surface area contributed by atoms with E-state index in [4.69, 9.17) is 11.6 Å². The van der Waals surface area contributed by atoms with E-state index in [1.807, 2.05) is 0 Å². The summed E-state index contributed by atoms with van der Waals surface area (Å²) >= 11 is 5.99. The summed E-state index contributed by atoms with van der Waals surface area (Å²) in [4.78, 5) is 28.9. The van der Waals surface area contributed by atoms with Crippen LogP contribution in [-0.4, -0.2) is 73.6 Å². The van der Waals surface area contributed by atoms with Crippen molar-refractivity contribution < 1.29 is 22.4 Å². The second-order valence-corrected chi connectivity index (χ2v) is 9.67. The molecule has 1 saturated heterocycles. The lowest BCUT2D eigenvalue weighted by atomic mass is 10.1. The first kappa shape index (κ1) is 24.2. The molecule has 2 amide bonds. The highest BCUT2D eigenvalue weighted by Gasteiger charge is 2.28. The van der Waals surface area contributed by atoms with Gasteiger partial charge in [0.1, 0.15) is 5.82 Å². The smallest absolute Gasteiger partial charge is 0.255 e. The van der Waals surface area contributed by atoms with Crippen molar-refractivity contribution in [1.82, 2.24) is 14.1 Å². The van der Waals surface area contributed by atoms with Crippen molar-refractivity contribution in [1.29, 1.82) is 0 Å². The SMILES string of the molecule is CCN(CC)S(=O)(=O)c1cccc(C(=O)N2CCN(C(=O)c3ccc(F)cc3Cl)CC2)c1. The molecule has 0 atom stereocenters. The third-order valence-electron chi connectivity index (χ3n) is 5.44. The minimum absolute atomic E-state index is 0.0414. The monoisotopic (exact) mass is 481 g/mol. The lowest BCUT2D eigenvalue weighted by molar-refractivity contribution is 0.0535. The van der Waals surface area contributed by atoms with Crippen molar-refractivity contribution >= 4 is 33.4 Å². The molecule has 0 aromatic heterocycles. The maximum atomic E-state index is 13.2. The Morgan fingerprint density at radius 3 is 2.12 bits per heavy atom. The minimum Gasteiger partial charge on any atom is -0.335 e. The van der Waals surface area contributed by atoms with Gasteiger partial charge in [0.05, 0.1) is 15.5 Å². The van der Waals surface area contributed by atoms with E-state index in [-0.39, 0.29) is 59.0 Å². The highest BCUT2D eigenvalue weighted by molar-refractivity contribution is 7.89. The van der Waals surface area contributed by atoms with E-state index in [2.05, 4.69) is 0 Å². The Bertz CT molecular complexity index is 1110. The van der Waals surface area contributed by atoms with Crippen molar-refractivity contribution in [3.8, 4) is 0 Å². The molecule has 7 nitrogen and oxygen atoms in total. The Morgan fingerprint density at radius 1 is 0.969 bits per heavy atom. The van der Waals surface area contributed by atoms with Crippen LogP contribution in [0.1, 0.15) is 34.6 Å². The maximum Gasteiger partial charge on any atom is 0.255 e. The van der Waals surface area contributed by atoms with Crippen LogP contribution in [0.3, 0.4) is 0 Å². The second-order valence-electron chi connectivity index (χ2n) is 7.33. The molecule has 1 heterocycles. The van der Waals surface area contributed by atoms with E-state index in [0.29, 0.717) is 13.1 Å². The summed E-state index contributed by atoms with van der Waals surface area (Å²) in [6.07, 6.45) is 0. The number of carbonyl (C=O) groups excluding carboxylic acids is 2. The fourth-order valence-electron chi connectivity index (χ4n) is 3.63. The van der Waals surface area contributed by atoms with Crippen LogP contribution in [0.15, 0.2) is 47.4 Å². The number of piperazine rings is 1. The van der Waals surface area contributed by atoms with Crippen molar-refractivity contribution in [2.45, 2.75) is 18.7 Å². The van der Waals surface area contributed by atoms with Crippen molar-refractivity contribution in [2.75, 3.05) is 39.3 Å². The summed E-state index contributed by atoms with van der Waals surface area (Å²) in [5.74, 6) is -1.14. The van der Waals surface area contributed by atoms with E-state index < -0.39 is 15.8 Å². The first-order valence-corrected chi connectivity index (χ1v) is 12.1. The van der Waals surface area contributed by atoms with E-state index in [0.717, 1.165) is 6.07 Å². The van der Waals surface area contributed by atoms with E-state index >= 15 is 0 Å². The molecule has 1 aliphatic heterocycles. The summed E-state index contributed by atoms with van der Waals surface area (Å²) in [5.41, 5.74) is 0.488. The van der Waals surface area contributed by atoms with Gasteiger partial charge in [-0.15, -0.1) is 0 Å². The lowest BCUT2D eigenvalue weighted by Gasteiger charge is -2.35. The molecule has 2 aromatic rings. The fourth-order valence-corrected chi connectivity index (χ4v) is 5.38. The third kappa shape index (κ3) is 4.95. The molecule has 0 saturated carbocycles. The molecule has 1 aliphatic rings. The van der Waals surface area contributed by atoms with E-state index in [9.17, 15) is 22.4 Å². The summed E-state index contributed by atoms with van der Waals surface area (Å²) in [7, 11) is -3.68. The van der Waals surface area contributed by atoms with Gasteiger partial charge in [-0.1, -0.05) is 31.5 Å². The van der Waals surface area contributed by atoms with E-state index in [1.165, 1.54) is 28.6 Å². The van der Waals surface area contributed by atoms with Gasteiger partial charge in [0.15, 0.2) is 0 Å². The molecular weight excluding hydrogens is 457 g/mol. The molecule has 0 aliphatic carbocycles. The van der Waals surface area contributed by atoms with Crippen LogP contribution in [0.25, 0.3) is 0 Å². The molecule has 0 unspecified atom stereocenters. The maximum absolute atomic E-state index is 13.2. The van der Waals surface area contributed by atoms with Gasteiger partial charge in [0.25, 0.3) is 11.8 Å². The molecule has 3 rings (SSSR count). The molecular formula is C22H25ClFN3O4S. The number of nitrogens with zero attached hydrogens (tertiary/aromatic N) is 3. The Labute approximate surface area is 192 Å². The fraction of sp³-hybridized carbons (Fsp3) is 0.364. The normalized spacial score (nSPS) is 14.7.